The highest BCUT2D eigenvalue weighted by Crippen LogP contribution is 2.03. The Morgan fingerprint density at radius 1 is 1.90 bits per heavy atom. The van der Waals surface area contributed by atoms with Crippen LogP contribution in [0.15, 0.2) is 0 Å². The molecular weight excluding hydrogens is 134 g/mol. The molecule has 1 saturated heterocycles. The lowest BCUT2D eigenvalue weighted by Gasteiger charge is -2.30. The fourth-order valence-corrected chi connectivity index (χ4v) is 0.875. The molecule has 58 valence electrons. The Labute approximate surface area is 59.4 Å². The molecule has 1 amide bonds. The van der Waals surface area contributed by atoms with Crippen molar-refractivity contribution in [1.82, 2.24) is 4.90 Å². The number of morpholine rings is 1. The maximum atomic E-state index is 10.9. The van der Waals surface area contributed by atoms with Gasteiger partial charge in [0.1, 0.15) is 6.61 Å². The van der Waals surface area contributed by atoms with Crippen LogP contribution in [0.3, 0.4) is 0 Å². The topological polar surface area (TPSA) is 49.8 Å². The van der Waals surface area contributed by atoms with E-state index in [4.69, 9.17) is 9.84 Å². The number of hydrogen-bond acceptors (Lipinski definition) is 3. The first-order valence-corrected chi connectivity index (χ1v) is 3.20. The number of hydrogen-bond donors (Lipinski definition) is 1. The monoisotopic (exact) mass is 145 g/mol. The zero-order valence-electron chi connectivity index (χ0n) is 5.91. The first kappa shape index (κ1) is 7.50. The molecule has 0 spiro atoms. The van der Waals surface area contributed by atoms with Crippen LogP contribution in [0, 0.1) is 0 Å². The van der Waals surface area contributed by atoms with Gasteiger partial charge in [-0.05, 0) is 0 Å². The molecule has 10 heavy (non-hydrogen) atoms. The number of likely N-dealkylation sites (N-methyl/N-ethyl adjacent to an activating group) is 1. The molecule has 1 fully saturated rings. The van der Waals surface area contributed by atoms with Crippen molar-refractivity contribution in [3.05, 3.63) is 0 Å². The standard InChI is InChI=1S/C6H11NO3/c1-7-5(2-8)3-10-4-6(7)9/h5,8H,2-4H2,1H3/t5-/m0/s1. The van der Waals surface area contributed by atoms with Crippen molar-refractivity contribution in [2.75, 3.05) is 26.9 Å². The van der Waals surface area contributed by atoms with E-state index in [1.165, 1.54) is 4.90 Å². The highest BCUT2D eigenvalue weighted by molar-refractivity contribution is 5.78. The van der Waals surface area contributed by atoms with Gasteiger partial charge >= 0.3 is 0 Å². The number of aliphatic hydroxyl groups excluding tert-OH is 1. The normalized spacial score (nSPS) is 27.2. The molecule has 1 aliphatic rings. The number of carbonyl (C=O) groups excluding carboxylic acids is 1. The number of carbonyl (C=O) groups is 1. The Hall–Kier alpha value is -0.610. The maximum Gasteiger partial charge on any atom is 0.248 e. The molecule has 0 aliphatic carbocycles. The third kappa shape index (κ3) is 1.27. The van der Waals surface area contributed by atoms with Crippen LogP contribution in [0.2, 0.25) is 0 Å². The van der Waals surface area contributed by atoms with E-state index in [1.54, 1.807) is 7.05 Å². The van der Waals surface area contributed by atoms with Crippen molar-refractivity contribution in [3.63, 3.8) is 0 Å². The predicted molar refractivity (Wildman–Crippen MR) is 34.5 cm³/mol. The molecule has 0 aromatic rings. The van der Waals surface area contributed by atoms with Gasteiger partial charge in [-0.1, -0.05) is 0 Å². The molecule has 4 heteroatoms. The first-order chi connectivity index (χ1) is 4.75. The molecule has 1 N–H and O–H groups in total. The van der Waals surface area contributed by atoms with E-state index in [9.17, 15) is 4.79 Å². The van der Waals surface area contributed by atoms with Crippen molar-refractivity contribution in [2.24, 2.45) is 0 Å². The molecule has 1 heterocycles. The largest absolute Gasteiger partial charge is 0.394 e. The summed E-state index contributed by atoms with van der Waals surface area (Å²) in [6, 6.07) is -0.152. The van der Waals surface area contributed by atoms with Crippen molar-refractivity contribution in [1.29, 1.82) is 0 Å². The molecule has 1 aliphatic heterocycles. The number of amides is 1. The van der Waals surface area contributed by atoms with Crippen LogP contribution < -0.4 is 0 Å². The predicted octanol–water partition coefficient (Wildman–Crippen LogP) is -1.16. The van der Waals surface area contributed by atoms with Crippen LogP contribution >= 0.6 is 0 Å². The highest BCUT2D eigenvalue weighted by atomic mass is 16.5. The average Bonchev–Trinajstić information content (AvgIpc) is 1.95. The third-order valence-corrected chi connectivity index (χ3v) is 1.69. The van der Waals surface area contributed by atoms with E-state index in [-0.39, 0.29) is 25.2 Å². The summed E-state index contributed by atoms with van der Waals surface area (Å²) in [5, 5.41) is 8.71. The summed E-state index contributed by atoms with van der Waals surface area (Å²) in [5.74, 6) is -0.0645. The Bertz CT molecular complexity index is 137. The van der Waals surface area contributed by atoms with Crippen molar-refractivity contribution < 1.29 is 14.6 Å². The van der Waals surface area contributed by atoms with Crippen LogP contribution in [0.5, 0.6) is 0 Å². The van der Waals surface area contributed by atoms with E-state index in [0.29, 0.717) is 6.61 Å². The van der Waals surface area contributed by atoms with Gasteiger partial charge in [0.05, 0.1) is 19.3 Å². The van der Waals surface area contributed by atoms with Crippen molar-refractivity contribution >= 4 is 5.91 Å². The lowest BCUT2D eigenvalue weighted by Crippen LogP contribution is -2.48. The van der Waals surface area contributed by atoms with E-state index >= 15 is 0 Å². The second kappa shape index (κ2) is 2.98. The molecule has 0 aromatic heterocycles. The van der Waals surface area contributed by atoms with Gasteiger partial charge in [-0.2, -0.15) is 0 Å². The quantitative estimate of drug-likeness (QED) is 0.506. The number of ether oxygens (including phenoxy) is 1. The first-order valence-electron chi connectivity index (χ1n) is 3.20. The summed E-state index contributed by atoms with van der Waals surface area (Å²) in [6.07, 6.45) is 0. The summed E-state index contributed by atoms with van der Waals surface area (Å²) in [5.41, 5.74) is 0. The fraction of sp³-hybridized carbons (Fsp3) is 0.833. The molecule has 4 nitrogen and oxygen atoms in total. The summed E-state index contributed by atoms with van der Waals surface area (Å²) < 4.78 is 4.90. The summed E-state index contributed by atoms with van der Waals surface area (Å²) >= 11 is 0. The summed E-state index contributed by atoms with van der Waals surface area (Å²) in [4.78, 5) is 12.4. The molecule has 0 saturated carbocycles. The number of aliphatic hydroxyl groups is 1. The van der Waals surface area contributed by atoms with Crippen LogP contribution in [0.25, 0.3) is 0 Å². The summed E-state index contributed by atoms with van der Waals surface area (Å²) in [6.45, 7) is 0.563. The maximum absolute atomic E-state index is 10.9. The second-order valence-corrected chi connectivity index (χ2v) is 2.36. The molecule has 1 rings (SSSR count). The SMILES string of the molecule is CN1C(=O)COC[C@@H]1CO. The average molecular weight is 145 g/mol. The minimum Gasteiger partial charge on any atom is -0.394 e. The Morgan fingerprint density at radius 2 is 2.60 bits per heavy atom. The van der Waals surface area contributed by atoms with Crippen molar-refractivity contribution in [3.8, 4) is 0 Å². The van der Waals surface area contributed by atoms with Gasteiger partial charge in [0.25, 0.3) is 0 Å². The molecule has 1 atom stereocenters. The van der Waals surface area contributed by atoms with Gasteiger partial charge < -0.3 is 14.7 Å². The Morgan fingerprint density at radius 3 is 3.10 bits per heavy atom. The second-order valence-electron chi connectivity index (χ2n) is 2.36. The van der Waals surface area contributed by atoms with E-state index < -0.39 is 0 Å². The fourth-order valence-electron chi connectivity index (χ4n) is 0.875. The Balaban J connectivity index is 2.51. The van der Waals surface area contributed by atoms with E-state index in [2.05, 4.69) is 0 Å². The Kier molecular flexibility index (Phi) is 2.24. The number of rotatable bonds is 1. The minimum atomic E-state index is -0.152. The molecule has 0 aromatic carbocycles. The number of nitrogens with zero attached hydrogens (tertiary/aromatic N) is 1. The van der Waals surface area contributed by atoms with Crippen LogP contribution in [0.4, 0.5) is 0 Å². The zero-order chi connectivity index (χ0) is 7.56. The smallest absolute Gasteiger partial charge is 0.248 e. The van der Waals surface area contributed by atoms with Gasteiger partial charge in [0.2, 0.25) is 5.91 Å². The van der Waals surface area contributed by atoms with Gasteiger partial charge in [-0.3, -0.25) is 4.79 Å². The lowest BCUT2D eigenvalue weighted by molar-refractivity contribution is -0.147. The lowest BCUT2D eigenvalue weighted by atomic mass is 10.2. The van der Waals surface area contributed by atoms with Gasteiger partial charge in [-0.15, -0.1) is 0 Å². The highest BCUT2D eigenvalue weighted by Gasteiger charge is 2.23. The van der Waals surface area contributed by atoms with E-state index in [1.807, 2.05) is 0 Å². The van der Waals surface area contributed by atoms with Crippen LogP contribution in [-0.4, -0.2) is 48.8 Å². The van der Waals surface area contributed by atoms with Crippen molar-refractivity contribution in [2.45, 2.75) is 6.04 Å². The van der Waals surface area contributed by atoms with Crippen LogP contribution in [-0.2, 0) is 9.53 Å². The zero-order valence-corrected chi connectivity index (χ0v) is 5.91. The van der Waals surface area contributed by atoms with Crippen LogP contribution in [0.1, 0.15) is 0 Å². The van der Waals surface area contributed by atoms with Gasteiger partial charge in [-0.25, -0.2) is 0 Å². The van der Waals surface area contributed by atoms with E-state index in [0.717, 1.165) is 0 Å². The van der Waals surface area contributed by atoms with Gasteiger partial charge in [0.15, 0.2) is 0 Å². The third-order valence-electron chi connectivity index (χ3n) is 1.69. The molecule has 0 radical (unpaired) electrons. The molecular formula is C6H11NO3. The summed E-state index contributed by atoms with van der Waals surface area (Å²) in [7, 11) is 1.67. The molecule has 0 unspecified atom stereocenters. The minimum absolute atomic E-state index is 0.0256. The van der Waals surface area contributed by atoms with Gasteiger partial charge in [0, 0.05) is 7.05 Å². The molecule has 0 bridgehead atoms.